The summed E-state index contributed by atoms with van der Waals surface area (Å²) in [6.07, 6.45) is 0. The van der Waals surface area contributed by atoms with Crippen LogP contribution in [0.15, 0.2) is 4.79 Å². The van der Waals surface area contributed by atoms with Gasteiger partial charge >= 0.3 is 5.97 Å². The number of hydrogen-bond donors (Lipinski definition) is 3. The number of likely N-dealkylation sites (N-methyl/N-ethyl adjacent to an activating group) is 1. The first kappa shape index (κ1) is 18.1. The zero-order valence-corrected chi connectivity index (χ0v) is 14.9. The largest absolute Gasteiger partial charge is 0.462 e. The van der Waals surface area contributed by atoms with Gasteiger partial charge < -0.3 is 20.4 Å². The second-order valence-corrected chi connectivity index (χ2v) is 6.31. The summed E-state index contributed by atoms with van der Waals surface area (Å²) in [6, 6.07) is -0.201. The summed E-state index contributed by atoms with van der Waals surface area (Å²) in [4.78, 5) is 43.8. The summed E-state index contributed by atoms with van der Waals surface area (Å²) >= 11 is 1.15. The Morgan fingerprint density at radius 1 is 1.46 bits per heavy atom. The van der Waals surface area contributed by atoms with E-state index in [1.807, 2.05) is 6.92 Å². The minimum Gasteiger partial charge on any atom is -0.462 e. The lowest BCUT2D eigenvalue weighted by Crippen LogP contribution is -2.87. The minimum atomic E-state index is -0.446. The second kappa shape index (κ2) is 7.54. The number of carbonyl (C=O) groups excluding carboxylic acids is 2. The highest BCUT2D eigenvalue weighted by Gasteiger charge is 2.22. The number of aromatic nitrogens is 2. The van der Waals surface area contributed by atoms with Crippen molar-refractivity contribution in [1.82, 2.24) is 15.3 Å². The van der Waals surface area contributed by atoms with Crippen molar-refractivity contribution in [2.75, 3.05) is 20.2 Å². The number of quaternary nitrogens is 1. The molecule has 0 fully saturated rings. The molecule has 0 aliphatic rings. The smallest absolute Gasteiger partial charge is 0.348 e. The fourth-order valence-corrected chi connectivity index (χ4v) is 3.35. The van der Waals surface area contributed by atoms with Crippen LogP contribution in [0.1, 0.15) is 40.9 Å². The summed E-state index contributed by atoms with van der Waals surface area (Å²) in [7, 11) is 1.57. The van der Waals surface area contributed by atoms with Crippen molar-refractivity contribution in [3.05, 3.63) is 26.6 Å². The number of thiophene rings is 1. The molecule has 0 radical (unpaired) electrons. The van der Waals surface area contributed by atoms with Gasteiger partial charge in [0, 0.05) is 7.05 Å². The molecule has 0 aliphatic carbocycles. The third-order valence-corrected chi connectivity index (χ3v) is 4.81. The number of aromatic amines is 1. The van der Waals surface area contributed by atoms with E-state index < -0.39 is 5.97 Å². The maximum absolute atomic E-state index is 12.4. The molecule has 24 heavy (non-hydrogen) atoms. The highest BCUT2D eigenvalue weighted by Crippen LogP contribution is 2.27. The molecular formula is C15H21N4O4S+. The highest BCUT2D eigenvalue weighted by atomic mass is 32.1. The number of esters is 1. The number of H-pyrrole nitrogens is 1. The van der Waals surface area contributed by atoms with Crippen molar-refractivity contribution >= 4 is 33.4 Å². The number of aryl methyl sites for hydroxylation is 1. The Morgan fingerprint density at radius 3 is 2.79 bits per heavy atom. The van der Waals surface area contributed by atoms with Crippen molar-refractivity contribution in [2.45, 2.75) is 26.8 Å². The number of rotatable bonds is 6. The van der Waals surface area contributed by atoms with Crippen LogP contribution in [-0.4, -0.2) is 42.0 Å². The molecule has 1 amide bonds. The van der Waals surface area contributed by atoms with E-state index in [4.69, 9.17) is 4.74 Å². The monoisotopic (exact) mass is 353 g/mol. The Hall–Kier alpha value is -2.26. The van der Waals surface area contributed by atoms with Crippen molar-refractivity contribution in [3.8, 4) is 0 Å². The van der Waals surface area contributed by atoms with Crippen LogP contribution < -0.4 is 16.2 Å². The Kier molecular flexibility index (Phi) is 5.68. The zero-order valence-electron chi connectivity index (χ0n) is 14.1. The van der Waals surface area contributed by atoms with E-state index >= 15 is 0 Å². The summed E-state index contributed by atoms with van der Waals surface area (Å²) in [5.74, 6) is -0.0897. The highest BCUT2D eigenvalue weighted by molar-refractivity contribution is 7.20. The Morgan fingerprint density at radius 2 is 2.17 bits per heavy atom. The molecule has 2 rings (SSSR count). The molecule has 1 atom stereocenters. The normalized spacial score (nSPS) is 12.2. The van der Waals surface area contributed by atoms with Gasteiger partial charge in [-0.05, 0) is 26.3 Å². The molecule has 2 aromatic rings. The van der Waals surface area contributed by atoms with E-state index in [-0.39, 0.29) is 30.7 Å². The number of nitrogens with one attached hydrogen (secondary N) is 2. The molecule has 2 heterocycles. The number of nitrogens with zero attached hydrogens (tertiary/aromatic N) is 1. The molecule has 0 aliphatic heterocycles. The summed E-state index contributed by atoms with van der Waals surface area (Å²) in [5.41, 5.74) is 0.287. The van der Waals surface area contributed by atoms with Gasteiger partial charge in [0.25, 0.3) is 11.5 Å². The number of hydrogen-bond acceptors (Lipinski definition) is 6. The van der Waals surface area contributed by atoms with Gasteiger partial charge in [-0.1, -0.05) is 0 Å². The van der Waals surface area contributed by atoms with E-state index in [1.54, 1.807) is 26.2 Å². The van der Waals surface area contributed by atoms with Gasteiger partial charge in [-0.2, -0.15) is 0 Å². The molecule has 0 unspecified atom stereocenters. The Labute approximate surface area is 142 Å². The van der Waals surface area contributed by atoms with Gasteiger partial charge in [-0.25, -0.2) is 9.78 Å². The predicted molar refractivity (Wildman–Crippen MR) is 90.2 cm³/mol. The van der Waals surface area contributed by atoms with Gasteiger partial charge in [-0.15, -0.1) is 11.3 Å². The van der Waals surface area contributed by atoms with Crippen LogP contribution in [0.2, 0.25) is 0 Å². The van der Waals surface area contributed by atoms with Crippen LogP contribution in [0.4, 0.5) is 0 Å². The topological polar surface area (TPSA) is 118 Å². The third kappa shape index (κ3) is 3.62. The standard InChI is InChI=1S/C15H20N4O4S/c1-5-23-15(22)11-7(2)10-13(21)18-12(19-14(10)24-11)8(3)17-6-9(20)16-4/h8,17H,5-6H2,1-4H3,(H,16,20)(H,18,19,21)/p+1/t8-/m1/s1. The van der Waals surface area contributed by atoms with E-state index in [2.05, 4.69) is 15.3 Å². The number of nitrogens with two attached hydrogens (primary N) is 1. The van der Waals surface area contributed by atoms with E-state index in [1.165, 1.54) is 0 Å². The summed E-state index contributed by atoms with van der Waals surface area (Å²) in [6.45, 7) is 5.79. The number of carbonyl (C=O) groups is 2. The minimum absolute atomic E-state index is 0.109. The van der Waals surface area contributed by atoms with Gasteiger partial charge in [0.2, 0.25) is 0 Å². The van der Waals surface area contributed by atoms with Gasteiger partial charge in [0.05, 0.1) is 12.0 Å². The van der Waals surface area contributed by atoms with Crippen LogP contribution in [-0.2, 0) is 9.53 Å². The maximum Gasteiger partial charge on any atom is 0.348 e. The first-order valence-corrected chi connectivity index (χ1v) is 8.45. The van der Waals surface area contributed by atoms with Crippen LogP contribution in [0.25, 0.3) is 10.2 Å². The van der Waals surface area contributed by atoms with E-state index in [9.17, 15) is 14.4 Å². The average Bonchev–Trinajstić information content (AvgIpc) is 2.89. The lowest BCUT2D eigenvalue weighted by atomic mass is 10.2. The van der Waals surface area contributed by atoms with Crippen LogP contribution in [0.5, 0.6) is 0 Å². The molecule has 2 aromatic heterocycles. The van der Waals surface area contributed by atoms with Crippen molar-refractivity contribution in [3.63, 3.8) is 0 Å². The Balaban J connectivity index is 2.37. The molecule has 0 spiro atoms. The number of fused-ring (bicyclic) bond motifs is 1. The number of amides is 1. The molecule has 9 heteroatoms. The lowest BCUT2D eigenvalue weighted by Gasteiger charge is -2.09. The first-order valence-electron chi connectivity index (χ1n) is 7.63. The molecule has 8 nitrogen and oxygen atoms in total. The van der Waals surface area contributed by atoms with E-state index in [0.717, 1.165) is 11.3 Å². The van der Waals surface area contributed by atoms with Crippen molar-refractivity contribution in [1.29, 1.82) is 0 Å². The zero-order chi connectivity index (χ0) is 17.9. The van der Waals surface area contributed by atoms with Crippen molar-refractivity contribution < 1.29 is 19.6 Å². The second-order valence-electron chi connectivity index (χ2n) is 5.31. The SMILES string of the molecule is CCOC(=O)c1sc2nc([C@@H](C)[NH2+]CC(=O)NC)[nH]c(=O)c2c1C. The van der Waals surface area contributed by atoms with Crippen LogP contribution in [0, 0.1) is 6.92 Å². The summed E-state index contributed by atoms with van der Waals surface area (Å²) in [5, 5.41) is 4.72. The maximum atomic E-state index is 12.4. The molecule has 0 saturated carbocycles. The lowest BCUT2D eigenvalue weighted by molar-refractivity contribution is -0.683. The van der Waals surface area contributed by atoms with Crippen LogP contribution >= 0.6 is 11.3 Å². The fourth-order valence-electron chi connectivity index (χ4n) is 2.27. The fraction of sp³-hybridized carbons (Fsp3) is 0.467. The third-order valence-electron chi connectivity index (χ3n) is 3.65. The Bertz CT molecular complexity index is 827. The quantitative estimate of drug-likeness (QED) is 0.624. The molecule has 4 N–H and O–H groups in total. The van der Waals surface area contributed by atoms with E-state index in [0.29, 0.717) is 26.5 Å². The molecule has 130 valence electrons. The molecular weight excluding hydrogens is 332 g/mol. The first-order chi connectivity index (χ1) is 11.4. The molecule has 0 saturated heterocycles. The number of ether oxygens (including phenoxy) is 1. The van der Waals surface area contributed by atoms with Gasteiger partial charge in [-0.3, -0.25) is 9.59 Å². The molecule has 0 bridgehead atoms. The van der Waals surface area contributed by atoms with Crippen molar-refractivity contribution in [2.24, 2.45) is 0 Å². The predicted octanol–water partition coefficient (Wildman–Crippen LogP) is -0.160. The molecule has 0 aromatic carbocycles. The van der Waals surface area contributed by atoms with Gasteiger partial charge in [0.15, 0.2) is 12.4 Å². The van der Waals surface area contributed by atoms with Gasteiger partial charge in [0.1, 0.15) is 15.7 Å². The summed E-state index contributed by atoms with van der Waals surface area (Å²) < 4.78 is 5.01. The van der Waals surface area contributed by atoms with Crippen LogP contribution in [0.3, 0.4) is 0 Å². The average molecular weight is 353 g/mol.